The highest BCUT2D eigenvalue weighted by Crippen LogP contribution is 2.38. The number of hydrogen-bond acceptors (Lipinski definition) is 6. The number of fused-ring (bicyclic) bond motifs is 1. The Labute approximate surface area is 212 Å². The Hall–Kier alpha value is -2.48. The Kier molecular flexibility index (Phi) is 8.76. The third-order valence-electron chi connectivity index (χ3n) is 6.15. The van der Waals surface area contributed by atoms with E-state index in [0.717, 1.165) is 29.8 Å². The molecule has 35 heavy (non-hydrogen) atoms. The number of hydrogen-bond donors (Lipinski definition) is 0. The number of ether oxygens (including phenoxy) is 4. The van der Waals surface area contributed by atoms with Crippen molar-refractivity contribution >= 4 is 17.5 Å². The minimum absolute atomic E-state index is 0.00772. The van der Waals surface area contributed by atoms with E-state index in [1.54, 1.807) is 7.11 Å². The number of carbonyl (C=O) groups excluding carboxylic acids is 1. The van der Waals surface area contributed by atoms with Gasteiger partial charge in [-0.05, 0) is 29.7 Å². The maximum Gasteiger partial charge on any atom is 0.253 e. The van der Waals surface area contributed by atoms with E-state index in [-0.39, 0.29) is 5.91 Å². The lowest BCUT2D eigenvalue weighted by Crippen LogP contribution is -2.51. The first-order valence-corrected chi connectivity index (χ1v) is 12.6. The number of benzene rings is 2. The molecule has 1 unspecified atom stereocenters. The van der Waals surface area contributed by atoms with Gasteiger partial charge >= 0.3 is 0 Å². The van der Waals surface area contributed by atoms with Crippen LogP contribution >= 0.6 is 11.6 Å². The molecule has 0 radical (unpaired) electrons. The van der Waals surface area contributed by atoms with E-state index in [9.17, 15) is 4.79 Å². The van der Waals surface area contributed by atoms with Gasteiger partial charge in [-0.3, -0.25) is 9.69 Å². The van der Waals surface area contributed by atoms with E-state index < -0.39 is 6.10 Å². The molecular weight excluding hydrogens is 468 g/mol. The first-order chi connectivity index (χ1) is 16.9. The third kappa shape index (κ3) is 6.60. The number of carbonyl (C=O) groups is 1. The molecule has 0 aliphatic carbocycles. The predicted molar refractivity (Wildman–Crippen MR) is 135 cm³/mol. The van der Waals surface area contributed by atoms with Crippen molar-refractivity contribution < 1.29 is 23.7 Å². The van der Waals surface area contributed by atoms with E-state index in [1.807, 2.05) is 35.2 Å². The van der Waals surface area contributed by atoms with Gasteiger partial charge in [0.1, 0.15) is 11.9 Å². The van der Waals surface area contributed by atoms with Crippen LogP contribution in [0.1, 0.15) is 31.4 Å². The number of methoxy groups -OCH3 is 1. The molecule has 1 amide bonds. The number of rotatable bonds is 8. The highest BCUT2D eigenvalue weighted by Gasteiger charge is 2.31. The topological polar surface area (TPSA) is 60.5 Å². The summed E-state index contributed by atoms with van der Waals surface area (Å²) >= 11 is 6.51. The van der Waals surface area contributed by atoms with Crippen LogP contribution in [0.2, 0.25) is 5.02 Å². The fourth-order valence-electron chi connectivity index (χ4n) is 4.54. The predicted octanol–water partition coefficient (Wildman–Crippen LogP) is 4.40. The van der Waals surface area contributed by atoms with Crippen LogP contribution in [0.3, 0.4) is 0 Å². The van der Waals surface area contributed by atoms with Crippen molar-refractivity contribution in [3.05, 3.63) is 52.5 Å². The Bertz CT molecular complexity index is 1020. The summed E-state index contributed by atoms with van der Waals surface area (Å²) in [5, 5.41) is 0.508. The lowest BCUT2D eigenvalue weighted by atomic mass is 10.1. The zero-order valence-corrected chi connectivity index (χ0v) is 21.6. The molecule has 2 aliphatic heterocycles. The van der Waals surface area contributed by atoms with Gasteiger partial charge in [-0.15, -0.1) is 0 Å². The monoisotopic (exact) mass is 502 g/mol. The molecule has 1 fully saturated rings. The molecular formula is C27H35ClN2O5. The van der Waals surface area contributed by atoms with Gasteiger partial charge in [0.25, 0.3) is 5.91 Å². The second-order valence-corrected chi connectivity index (χ2v) is 9.88. The summed E-state index contributed by atoms with van der Waals surface area (Å²) < 4.78 is 23.1. The van der Waals surface area contributed by atoms with E-state index in [4.69, 9.17) is 30.5 Å². The average Bonchev–Trinajstić information content (AvgIpc) is 3.09. The van der Waals surface area contributed by atoms with Crippen molar-refractivity contribution in [1.82, 2.24) is 9.80 Å². The minimum Gasteiger partial charge on any atom is -0.496 e. The van der Waals surface area contributed by atoms with Crippen molar-refractivity contribution in [2.45, 2.75) is 39.5 Å². The lowest BCUT2D eigenvalue weighted by Gasteiger charge is -2.36. The normalized spacial score (nSPS) is 18.3. The molecule has 1 atom stereocenters. The van der Waals surface area contributed by atoms with E-state index >= 15 is 0 Å². The Morgan fingerprint density at radius 1 is 1.20 bits per heavy atom. The average molecular weight is 503 g/mol. The summed E-state index contributed by atoms with van der Waals surface area (Å²) in [7, 11) is 1.68. The molecule has 8 heteroatoms. The second kappa shape index (κ2) is 12.0. The van der Waals surface area contributed by atoms with Gasteiger partial charge in [0.2, 0.25) is 0 Å². The summed E-state index contributed by atoms with van der Waals surface area (Å²) in [6.45, 7) is 8.95. The Morgan fingerprint density at radius 2 is 2.00 bits per heavy atom. The molecule has 2 aliphatic rings. The van der Waals surface area contributed by atoms with E-state index in [0.29, 0.717) is 68.4 Å². The van der Waals surface area contributed by atoms with Crippen LogP contribution in [0.25, 0.3) is 0 Å². The molecule has 0 N–H and O–H groups in total. The summed E-state index contributed by atoms with van der Waals surface area (Å²) in [4.78, 5) is 17.8. The fraction of sp³-hybridized carbons (Fsp3) is 0.519. The standard InChI is InChI=1S/C27H35ClN2O5/c1-19(2)15-30(16-20-13-22(28)26-24(14-20)33-10-6-11-35-26)27(31)25-18-29(9-12-34-25)17-21-7-4-5-8-23(21)32-3/h4-5,7-8,13-14,19,25H,6,9-12,15-18H2,1-3H3. The zero-order valence-electron chi connectivity index (χ0n) is 20.8. The van der Waals surface area contributed by atoms with Crippen LogP contribution in [0.15, 0.2) is 36.4 Å². The SMILES string of the molecule is COc1ccccc1CN1CCOC(C(=O)N(Cc2cc(Cl)c3c(c2)OCCCO3)CC(C)C)C1. The van der Waals surface area contributed by atoms with E-state index in [2.05, 4.69) is 24.8 Å². The zero-order chi connectivity index (χ0) is 24.8. The van der Waals surface area contributed by atoms with Gasteiger partial charge in [0.15, 0.2) is 11.5 Å². The van der Waals surface area contributed by atoms with Gasteiger partial charge in [-0.1, -0.05) is 43.6 Å². The van der Waals surface area contributed by atoms with Gasteiger partial charge in [-0.2, -0.15) is 0 Å². The fourth-order valence-corrected chi connectivity index (χ4v) is 4.83. The summed E-state index contributed by atoms with van der Waals surface area (Å²) in [6, 6.07) is 11.8. The summed E-state index contributed by atoms with van der Waals surface area (Å²) in [6.07, 6.45) is 0.288. The van der Waals surface area contributed by atoms with Crippen LogP contribution in [-0.2, 0) is 22.6 Å². The van der Waals surface area contributed by atoms with Gasteiger partial charge in [0, 0.05) is 44.7 Å². The lowest BCUT2D eigenvalue weighted by molar-refractivity contribution is -0.151. The van der Waals surface area contributed by atoms with Crippen LogP contribution in [0.5, 0.6) is 17.2 Å². The molecule has 0 saturated carbocycles. The van der Waals surface area contributed by atoms with Crippen molar-refractivity contribution in [3.63, 3.8) is 0 Å². The molecule has 4 rings (SSSR count). The van der Waals surface area contributed by atoms with Crippen LogP contribution in [0, 0.1) is 5.92 Å². The first kappa shape index (κ1) is 25.6. The maximum absolute atomic E-state index is 13.6. The Morgan fingerprint density at radius 3 is 2.80 bits per heavy atom. The molecule has 2 aromatic rings. The van der Waals surface area contributed by atoms with E-state index in [1.165, 1.54) is 0 Å². The second-order valence-electron chi connectivity index (χ2n) is 9.47. The summed E-state index contributed by atoms with van der Waals surface area (Å²) in [5.74, 6) is 2.38. The minimum atomic E-state index is -0.520. The van der Waals surface area contributed by atoms with Gasteiger partial charge in [0.05, 0.1) is 32.0 Å². The number of nitrogens with zero attached hydrogens (tertiary/aromatic N) is 2. The molecule has 0 aromatic heterocycles. The maximum atomic E-state index is 13.6. The van der Waals surface area contributed by atoms with Crippen LogP contribution in [-0.4, -0.2) is 68.4 Å². The molecule has 0 spiro atoms. The number of morpholine rings is 1. The van der Waals surface area contributed by atoms with Gasteiger partial charge in [-0.25, -0.2) is 0 Å². The molecule has 190 valence electrons. The van der Waals surface area contributed by atoms with Gasteiger partial charge < -0.3 is 23.8 Å². The van der Waals surface area contributed by atoms with Crippen LogP contribution in [0.4, 0.5) is 0 Å². The molecule has 1 saturated heterocycles. The molecule has 7 nitrogen and oxygen atoms in total. The first-order valence-electron chi connectivity index (χ1n) is 12.3. The Balaban J connectivity index is 1.47. The quantitative estimate of drug-likeness (QED) is 0.533. The van der Waals surface area contributed by atoms with Crippen molar-refractivity contribution in [3.8, 4) is 17.2 Å². The number of para-hydroxylation sites is 1. The van der Waals surface area contributed by atoms with Crippen molar-refractivity contribution in [2.75, 3.05) is 46.6 Å². The highest BCUT2D eigenvalue weighted by molar-refractivity contribution is 6.32. The number of amides is 1. The third-order valence-corrected chi connectivity index (χ3v) is 6.43. The summed E-state index contributed by atoms with van der Waals surface area (Å²) in [5.41, 5.74) is 2.01. The van der Waals surface area contributed by atoms with Crippen molar-refractivity contribution in [1.29, 1.82) is 0 Å². The molecule has 2 heterocycles. The highest BCUT2D eigenvalue weighted by atomic mass is 35.5. The molecule has 0 bridgehead atoms. The molecule has 2 aromatic carbocycles. The van der Waals surface area contributed by atoms with Crippen molar-refractivity contribution in [2.24, 2.45) is 5.92 Å². The largest absolute Gasteiger partial charge is 0.496 e. The smallest absolute Gasteiger partial charge is 0.253 e. The number of halogens is 1. The van der Waals surface area contributed by atoms with Crippen LogP contribution < -0.4 is 14.2 Å².